The molecule has 0 aliphatic heterocycles. The van der Waals surface area contributed by atoms with Gasteiger partial charge in [0.2, 0.25) is 0 Å². The Morgan fingerprint density at radius 1 is 0.960 bits per heavy atom. The van der Waals surface area contributed by atoms with Gasteiger partial charge in [0, 0.05) is 5.69 Å². The quantitative estimate of drug-likeness (QED) is 0.812. The summed E-state index contributed by atoms with van der Waals surface area (Å²) in [5.74, 6) is 0.103. The Balaban J connectivity index is 1.95. The van der Waals surface area contributed by atoms with Crippen LogP contribution in [0.25, 0.3) is 0 Å². The van der Waals surface area contributed by atoms with E-state index >= 15 is 0 Å². The predicted molar refractivity (Wildman–Crippen MR) is 97.2 cm³/mol. The number of nitrogens with one attached hydrogen (secondary N) is 1. The summed E-state index contributed by atoms with van der Waals surface area (Å²) in [7, 11) is 0. The van der Waals surface area contributed by atoms with Crippen LogP contribution in [0, 0.1) is 20.8 Å². The molecule has 132 valence electrons. The molecule has 0 unspecified atom stereocenters. The second-order valence-electron chi connectivity index (χ2n) is 5.79. The zero-order valence-electron chi connectivity index (χ0n) is 15.0. The number of amides is 1. The van der Waals surface area contributed by atoms with Gasteiger partial charge in [-0.3, -0.25) is 4.79 Å². The molecular weight excluding hydrogens is 318 g/mol. The summed E-state index contributed by atoms with van der Waals surface area (Å²) >= 11 is 0. The molecule has 0 spiro atoms. The minimum Gasteiger partial charge on any atom is -0.483 e. The Morgan fingerprint density at radius 3 is 2.24 bits per heavy atom. The molecule has 2 rings (SSSR count). The van der Waals surface area contributed by atoms with Crippen LogP contribution in [-0.2, 0) is 9.53 Å². The van der Waals surface area contributed by atoms with Crippen molar-refractivity contribution in [3.8, 4) is 5.75 Å². The summed E-state index contributed by atoms with van der Waals surface area (Å²) in [5, 5.41) is 2.75. The third-order valence-electron chi connectivity index (χ3n) is 3.90. The molecule has 1 amide bonds. The van der Waals surface area contributed by atoms with E-state index in [1.165, 1.54) is 0 Å². The van der Waals surface area contributed by atoms with Gasteiger partial charge in [0.15, 0.2) is 6.61 Å². The minimum atomic E-state index is -0.380. The largest absolute Gasteiger partial charge is 0.483 e. The number of rotatable bonds is 6. The van der Waals surface area contributed by atoms with Crippen molar-refractivity contribution in [2.45, 2.75) is 27.7 Å². The summed E-state index contributed by atoms with van der Waals surface area (Å²) < 4.78 is 10.6. The number of anilines is 1. The first kappa shape index (κ1) is 18.5. The highest BCUT2D eigenvalue weighted by molar-refractivity contribution is 5.93. The Kier molecular flexibility index (Phi) is 6.17. The van der Waals surface area contributed by atoms with Crippen LogP contribution in [0.5, 0.6) is 5.75 Å². The lowest BCUT2D eigenvalue weighted by atomic mass is 10.1. The molecule has 0 atom stereocenters. The highest BCUT2D eigenvalue weighted by Gasteiger charge is 2.10. The number of ether oxygens (including phenoxy) is 2. The van der Waals surface area contributed by atoms with Crippen LogP contribution < -0.4 is 10.1 Å². The Bertz CT molecular complexity index is 766. The number of carbonyl (C=O) groups excluding carboxylic acids is 2. The second kappa shape index (κ2) is 8.33. The summed E-state index contributed by atoms with van der Waals surface area (Å²) in [4.78, 5) is 23.7. The third-order valence-corrected chi connectivity index (χ3v) is 3.90. The van der Waals surface area contributed by atoms with Crippen LogP contribution in [-0.4, -0.2) is 25.1 Å². The van der Waals surface area contributed by atoms with Gasteiger partial charge in [0.1, 0.15) is 5.75 Å². The monoisotopic (exact) mass is 341 g/mol. The van der Waals surface area contributed by atoms with Crippen LogP contribution in [0.4, 0.5) is 5.69 Å². The van der Waals surface area contributed by atoms with Gasteiger partial charge in [-0.25, -0.2) is 4.79 Å². The number of esters is 1. The fraction of sp³-hybridized carbons (Fsp3) is 0.300. The zero-order valence-corrected chi connectivity index (χ0v) is 15.0. The molecule has 0 heterocycles. The number of carbonyl (C=O) groups is 2. The van der Waals surface area contributed by atoms with E-state index in [4.69, 9.17) is 9.47 Å². The molecule has 2 aromatic carbocycles. The fourth-order valence-electron chi connectivity index (χ4n) is 2.39. The minimum absolute atomic E-state index is 0.0786. The van der Waals surface area contributed by atoms with Gasteiger partial charge in [-0.15, -0.1) is 0 Å². The predicted octanol–water partition coefficient (Wildman–Crippen LogP) is 3.81. The molecule has 25 heavy (non-hydrogen) atoms. The van der Waals surface area contributed by atoms with Crippen LogP contribution in [0.1, 0.15) is 34.0 Å². The number of benzene rings is 2. The average Bonchev–Trinajstić information content (AvgIpc) is 2.59. The van der Waals surface area contributed by atoms with E-state index in [0.29, 0.717) is 17.9 Å². The van der Waals surface area contributed by atoms with Crippen LogP contribution >= 0.6 is 0 Å². The Labute approximate surface area is 148 Å². The molecule has 0 aliphatic carbocycles. The molecular formula is C20H23NO4. The van der Waals surface area contributed by atoms with Crippen LogP contribution in [0.3, 0.4) is 0 Å². The normalized spacial score (nSPS) is 10.2. The lowest BCUT2D eigenvalue weighted by molar-refractivity contribution is -0.118. The van der Waals surface area contributed by atoms with E-state index in [9.17, 15) is 9.59 Å². The van der Waals surface area contributed by atoms with E-state index in [1.54, 1.807) is 31.2 Å². The smallest absolute Gasteiger partial charge is 0.338 e. The maximum Gasteiger partial charge on any atom is 0.338 e. The van der Waals surface area contributed by atoms with Gasteiger partial charge < -0.3 is 14.8 Å². The van der Waals surface area contributed by atoms with Crippen molar-refractivity contribution < 1.29 is 19.1 Å². The van der Waals surface area contributed by atoms with Crippen molar-refractivity contribution in [3.63, 3.8) is 0 Å². The van der Waals surface area contributed by atoms with Crippen molar-refractivity contribution in [2.75, 3.05) is 18.5 Å². The summed E-state index contributed by atoms with van der Waals surface area (Å²) in [6, 6.07) is 10.6. The molecule has 1 N–H and O–H groups in total. The topological polar surface area (TPSA) is 64.6 Å². The summed E-state index contributed by atoms with van der Waals surface area (Å²) in [5.41, 5.74) is 4.19. The van der Waals surface area contributed by atoms with E-state index < -0.39 is 0 Å². The molecule has 0 aliphatic rings. The molecule has 5 heteroatoms. The van der Waals surface area contributed by atoms with Gasteiger partial charge in [-0.2, -0.15) is 0 Å². The maximum atomic E-state index is 12.1. The lowest BCUT2D eigenvalue weighted by Crippen LogP contribution is -2.20. The first-order chi connectivity index (χ1) is 11.9. The molecule has 0 saturated heterocycles. The zero-order chi connectivity index (χ0) is 18.4. The first-order valence-corrected chi connectivity index (χ1v) is 8.19. The highest BCUT2D eigenvalue weighted by atomic mass is 16.5. The Morgan fingerprint density at radius 2 is 1.60 bits per heavy atom. The van der Waals surface area contributed by atoms with Crippen molar-refractivity contribution in [1.29, 1.82) is 0 Å². The van der Waals surface area contributed by atoms with E-state index in [0.717, 1.165) is 22.4 Å². The van der Waals surface area contributed by atoms with Gasteiger partial charge in [0.05, 0.1) is 12.2 Å². The third kappa shape index (κ3) is 4.83. The Hall–Kier alpha value is -2.82. The molecule has 0 saturated carbocycles. The summed E-state index contributed by atoms with van der Waals surface area (Å²) in [6.07, 6.45) is 0. The summed E-state index contributed by atoms with van der Waals surface area (Å²) in [6.45, 7) is 7.94. The number of aryl methyl sites for hydroxylation is 2. The van der Waals surface area contributed by atoms with Gasteiger partial charge >= 0.3 is 5.97 Å². The van der Waals surface area contributed by atoms with Gasteiger partial charge in [0.25, 0.3) is 5.91 Å². The fourth-order valence-corrected chi connectivity index (χ4v) is 2.39. The van der Waals surface area contributed by atoms with Crippen molar-refractivity contribution in [2.24, 2.45) is 0 Å². The maximum absolute atomic E-state index is 12.1. The SMILES string of the molecule is CCOC(=O)c1ccc(NC(=O)COc2c(C)ccc(C)c2C)cc1. The molecule has 2 aromatic rings. The first-order valence-electron chi connectivity index (χ1n) is 8.19. The lowest BCUT2D eigenvalue weighted by Gasteiger charge is -2.14. The number of hydrogen-bond acceptors (Lipinski definition) is 4. The van der Waals surface area contributed by atoms with E-state index in [2.05, 4.69) is 5.32 Å². The molecule has 0 radical (unpaired) electrons. The molecule has 5 nitrogen and oxygen atoms in total. The second-order valence-corrected chi connectivity index (χ2v) is 5.79. The standard InChI is InChI=1S/C20H23NO4/c1-5-24-20(23)16-8-10-17(11-9-16)21-18(22)12-25-19-14(3)7-6-13(2)15(19)4/h6-11H,5,12H2,1-4H3,(H,21,22). The van der Waals surface area contributed by atoms with Gasteiger partial charge in [-0.05, 0) is 68.7 Å². The molecule has 0 bridgehead atoms. The van der Waals surface area contributed by atoms with E-state index in [-0.39, 0.29) is 18.5 Å². The molecule has 0 fully saturated rings. The highest BCUT2D eigenvalue weighted by Crippen LogP contribution is 2.25. The number of hydrogen-bond donors (Lipinski definition) is 1. The van der Waals surface area contributed by atoms with Crippen LogP contribution in [0.2, 0.25) is 0 Å². The van der Waals surface area contributed by atoms with Crippen molar-refractivity contribution in [1.82, 2.24) is 0 Å². The van der Waals surface area contributed by atoms with Crippen LogP contribution in [0.15, 0.2) is 36.4 Å². The average molecular weight is 341 g/mol. The van der Waals surface area contributed by atoms with Gasteiger partial charge in [-0.1, -0.05) is 12.1 Å². The van der Waals surface area contributed by atoms with Crippen molar-refractivity contribution >= 4 is 17.6 Å². The van der Waals surface area contributed by atoms with E-state index in [1.807, 2.05) is 32.9 Å². The van der Waals surface area contributed by atoms with Crippen molar-refractivity contribution in [3.05, 3.63) is 58.7 Å². The molecule has 0 aromatic heterocycles.